The summed E-state index contributed by atoms with van der Waals surface area (Å²) >= 11 is 0. The van der Waals surface area contributed by atoms with Crippen LogP contribution in [0.2, 0.25) is 0 Å². The maximum Gasteiger partial charge on any atom is 0.317 e. The second kappa shape index (κ2) is 2.30. The number of methoxy groups -OCH3 is 1. The van der Waals surface area contributed by atoms with Crippen LogP contribution in [0.15, 0.2) is 12.3 Å². The van der Waals surface area contributed by atoms with Gasteiger partial charge in [0.1, 0.15) is 0 Å². The third kappa shape index (κ3) is 1.28. The summed E-state index contributed by atoms with van der Waals surface area (Å²) in [5.74, 6) is 0.363. The zero-order chi connectivity index (χ0) is 6.69. The van der Waals surface area contributed by atoms with Crippen LogP contribution >= 0.6 is 0 Å². The highest BCUT2D eigenvalue weighted by Gasteiger charge is 1.92. The molecule has 1 aromatic rings. The second-order valence-electron chi connectivity index (χ2n) is 1.40. The van der Waals surface area contributed by atoms with Gasteiger partial charge in [-0.25, -0.2) is 4.98 Å². The maximum atomic E-state index is 8.64. The first kappa shape index (κ1) is 5.81. The molecule has 4 heteroatoms. The van der Waals surface area contributed by atoms with Gasteiger partial charge in [0.2, 0.25) is 5.88 Å². The van der Waals surface area contributed by atoms with E-state index in [0.717, 1.165) is 0 Å². The molecule has 0 atom stereocenters. The van der Waals surface area contributed by atoms with Gasteiger partial charge in [0.15, 0.2) is 0 Å². The average molecular weight is 126 g/mol. The molecule has 0 aromatic carbocycles. The predicted molar refractivity (Wildman–Crippen MR) is 30.2 cm³/mol. The molecule has 0 saturated heterocycles. The van der Waals surface area contributed by atoms with Gasteiger partial charge in [-0.1, -0.05) is 0 Å². The predicted octanol–water partition coefficient (Wildman–Crippen LogP) is 0.191. The molecule has 0 bridgehead atoms. The van der Waals surface area contributed by atoms with Crippen molar-refractivity contribution >= 4 is 0 Å². The zero-order valence-electron chi connectivity index (χ0n) is 4.90. The van der Waals surface area contributed by atoms with Crippen molar-refractivity contribution in [2.45, 2.75) is 0 Å². The van der Waals surface area contributed by atoms with Crippen molar-refractivity contribution in [3.05, 3.63) is 12.3 Å². The number of hydrogen-bond donors (Lipinski definition) is 1. The summed E-state index contributed by atoms with van der Waals surface area (Å²) in [5.41, 5.74) is 0. The van der Waals surface area contributed by atoms with Crippen molar-refractivity contribution in [1.29, 1.82) is 0 Å². The zero-order valence-corrected chi connectivity index (χ0v) is 4.90. The lowest BCUT2D eigenvalue weighted by atomic mass is 10.6. The van der Waals surface area contributed by atoms with Crippen molar-refractivity contribution in [2.75, 3.05) is 7.11 Å². The summed E-state index contributed by atoms with van der Waals surface area (Å²) in [4.78, 5) is 6.97. The van der Waals surface area contributed by atoms with Gasteiger partial charge in [0, 0.05) is 12.3 Å². The molecule has 0 spiro atoms. The first-order valence-electron chi connectivity index (χ1n) is 2.39. The van der Waals surface area contributed by atoms with Gasteiger partial charge in [0.25, 0.3) is 0 Å². The van der Waals surface area contributed by atoms with Crippen molar-refractivity contribution in [1.82, 2.24) is 9.97 Å². The number of aromatic nitrogens is 2. The molecule has 1 N–H and O–H groups in total. The Balaban J connectivity index is 2.94. The van der Waals surface area contributed by atoms with Crippen LogP contribution in [-0.4, -0.2) is 22.2 Å². The van der Waals surface area contributed by atoms with Gasteiger partial charge in [-0.05, 0) is 0 Å². The summed E-state index contributed by atoms with van der Waals surface area (Å²) < 4.78 is 4.68. The van der Waals surface area contributed by atoms with E-state index in [1.807, 2.05) is 0 Å². The van der Waals surface area contributed by atoms with E-state index in [-0.39, 0.29) is 6.01 Å². The second-order valence-corrected chi connectivity index (χ2v) is 1.40. The fourth-order valence-corrected chi connectivity index (χ4v) is 0.446. The molecule has 0 aliphatic rings. The van der Waals surface area contributed by atoms with E-state index in [2.05, 4.69) is 14.7 Å². The van der Waals surface area contributed by atoms with E-state index < -0.39 is 0 Å². The molecule has 0 aliphatic carbocycles. The topological polar surface area (TPSA) is 55.2 Å². The minimum absolute atomic E-state index is 0.269. The third-order valence-electron chi connectivity index (χ3n) is 0.826. The number of aromatic hydroxyl groups is 1. The Morgan fingerprint density at radius 3 is 2.89 bits per heavy atom. The first-order valence-corrected chi connectivity index (χ1v) is 2.39. The molecule has 1 aromatic heterocycles. The van der Waals surface area contributed by atoms with E-state index in [0.29, 0.717) is 5.88 Å². The number of hydrogen-bond acceptors (Lipinski definition) is 4. The van der Waals surface area contributed by atoms with Crippen LogP contribution in [-0.2, 0) is 0 Å². The van der Waals surface area contributed by atoms with Gasteiger partial charge in [-0.3, -0.25) is 0 Å². The third-order valence-corrected chi connectivity index (χ3v) is 0.826. The summed E-state index contributed by atoms with van der Waals surface area (Å²) in [6, 6.07) is 1.29. The molecule has 0 amide bonds. The van der Waals surface area contributed by atoms with Crippen LogP contribution in [0.1, 0.15) is 0 Å². The van der Waals surface area contributed by atoms with Gasteiger partial charge in [-0.15, -0.1) is 0 Å². The lowest BCUT2D eigenvalue weighted by Gasteiger charge is -1.94. The van der Waals surface area contributed by atoms with Gasteiger partial charge in [-0.2, -0.15) is 4.98 Å². The summed E-state index contributed by atoms with van der Waals surface area (Å²) in [5, 5.41) is 8.64. The van der Waals surface area contributed by atoms with Gasteiger partial charge < -0.3 is 9.84 Å². The van der Waals surface area contributed by atoms with E-state index in [4.69, 9.17) is 5.11 Å². The van der Waals surface area contributed by atoms with Crippen LogP contribution in [0.4, 0.5) is 0 Å². The highest BCUT2D eigenvalue weighted by Crippen LogP contribution is 2.06. The molecule has 0 radical (unpaired) electrons. The molecule has 4 nitrogen and oxygen atoms in total. The number of rotatable bonds is 1. The van der Waals surface area contributed by atoms with Crippen molar-refractivity contribution in [2.24, 2.45) is 0 Å². The summed E-state index contributed by atoms with van der Waals surface area (Å²) in [6.07, 6.45) is 1.42. The smallest absolute Gasteiger partial charge is 0.317 e. The number of nitrogens with zero attached hydrogens (tertiary/aromatic N) is 2. The standard InChI is InChI=1S/C5H6N2O2/c1-9-4-2-3-6-5(8)7-4/h2-3H,1H3,(H,6,7,8). The van der Waals surface area contributed by atoms with Crippen molar-refractivity contribution in [3.8, 4) is 11.9 Å². The normalized spacial score (nSPS) is 9.00. The molecule has 0 aliphatic heterocycles. The molecule has 0 saturated carbocycles. The van der Waals surface area contributed by atoms with E-state index in [9.17, 15) is 0 Å². The number of ether oxygens (including phenoxy) is 1. The van der Waals surface area contributed by atoms with E-state index in [1.54, 1.807) is 6.07 Å². The lowest BCUT2D eigenvalue weighted by Crippen LogP contribution is -1.87. The monoisotopic (exact) mass is 126 g/mol. The van der Waals surface area contributed by atoms with Crippen LogP contribution in [0.5, 0.6) is 11.9 Å². The molecule has 0 fully saturated rings. The van der Waals surface area contributed by atoms with Crippen LogP contribution in [0.25, 0.3) is 0 Å². The van der Waals surface area contributed by atoms with Gasteiger partial charge >= 0.3 is 6.01 Å². The van der Waals surface area contributed by atoms with Crippen molar-refractivity contribution < 1.29 is 9.84 Å². The Hall–Kier alpha value is -1.32. The Morgan fingerprint density at radius 1 is 1.67 bits per heavy atom. The SMILES string of the molecule is COc1ccnc(O)n1. The lowest BCUT2D eigenvalue weighted by molar-refractivity contribution is 0.371. The Bertz CT molecular complexity index is 202. The van der Waals surface area contributed by atoms with Gasteiger partial charge in [0.05, 0.1) is 7.11 Å². The molecule has 1 heterocycles. The average Bonchev–Trinajstić information content (AvgIpc) is 1.88. The van der Waals surface area contributed by atoms with E-state index >= 15 is 0 Å². The van der Waals surface area contributed by atoms with Crippen LogP contribution in [0.3, 0.4) is 0 Å². The summed E-state index contributed by atoms with van der Waals surface area (Å²) in [6.45, 7) is 0. The molecule has 48 valence electrons. The van der Waals surface area contributed by atoms with Crippen molar-refractivity contribution in [3.63, 3.8) is 0 Å². The van der Waals surface area contributed by atoms with Crippen LogP contribution < -0.4 is 4.74 Å². The highest BCUT2D eigenvalue weighted by molar-refractivity contribution is 5.09. The Morgan fingerprint density at radius 2 is 2.44 bits per heavy atom. The Labute approximate surface area is 52.1 Å². The molecule has 1 rings (SSSR count). The minimum Gasteiger partial charge on any atom is -0.481 e. The molecular weight excluding hydrogens is 120 g/mol. The Kier molecular flexibility index (Phi) is 1.48. The molecule has 9 heavy (non-hydrogen) atoms. The fraction of sp³-hybridized carbons (Fsp3) is 0.200. The quantitative estimate of drug-likeness (QED) is 0.583. The van der Waals surface area contributed by atoms with Crippen LogP contribution in [0, 0.1) is 0 Å². The maximum absolute atomic E-state index is 8.64. The largest absolute Gasteiger partial charge is 0.481 e. The first-order chi connectivity index (χ1) is 4.33. The fourth-order valence-electron chi connectivity index (χ4n) is 0.446. The van der Waals surface area contributed by atoms with E-state index in [1.165, 1.54) is 13.3 Å². The molecular formula is C5H6N2O2. The minimum atomic E-state index is -0.269. The summed E-state index contributed by atoms with van der Waals surface area (Å²) in [7, 11) is 1.47. The molecule has 0 unspecified atom stereocenters. The highest BCUT2D eigenvalue weighted by atomic mass is 16.5.